The van der Waals surface area contributed by atoms with Gasteiger partial charge in [0.2, 0.25) is 0 Å². The van der Waals surface area contributed by atoms with E-state index in [1.807, 2.05) is 19.1 Å². The van der Waals surface area contributed by atoms with Crippen LogP contribution in [0.1, 0.15) is 34.1 Å². The predicted octanol–water partition coefficient (Wildman–Crippen LogP) is 1.60. The van der Waals surface area contributed by atoms with Crippen LogP contribution in [0.25, 0.3) is 0 Å². The number of allylic oxidation sites excluding steroid dienone is 2. The standard InChI is InChI=1S/C13H22O3/c1-9-7-10(14)8-12(2,3)11(9)5-6-13(4,15)16/h5-7,10-11,14-16H,8H2,1-4H3. The zero-order valence-corrected chi connectivity index (χ0v) is 10.4. The van der Waals surface area contributed by atoms with Crippen LogP contribution >= 0.6 is 0 Å². The summed E-state index contributed by atoms with van der Waals surface area (Å²) >= 11 is 0. The molecule has 3 heteroatoms. The third-order valence-corrected chi connectivity index (χ3v) is 3.13. The minimum atomic E-state index is -1.77. The van der Waals surface area contributed by atoms with Crippen molar-refractivity contribution in [2.75, 3.05) is 0 Å². The first kappa shape index (κ1) is 13.4. The molecule has 1 aliphatic carbocycles. The van der Waals surface area contributed by atoms with Gasteiger partial charge in [0.15, 0.2) is 5.79 Å². The van der Waals surface area contributed by atoms with Gasteiger partial charge in [-0.3, -0.25) is 0 Å². The molecule has 3 N–H and O–H groups in total. The molecule has 0 spiro atoms. The molecule has 0 radical (unpaired) electrons. The molecule has 1 aliphatic rings. The summed E-state index contributed by atoms with van der Waals surface area (Å²) in [4.78, 5) is 0. The first-order valence-corrected chi connectivity index (χ1v) is 5.62. The summed E-state index contributed by atoms with van der Waals surface area (Å²) in [5.74, 6) is -1.64. The van der Waals surface area contributed by atoms with Crippen molar-refractivity contribution < 1.29 is 15.3 Å². The van der Waals surface area contributed by atoms with E-state index in [1.54, 1.807) is 0 Å². The second-order valence-electron chi connectivity index (χ2n) is 5.60. The van der Waals surface area contributed by atoms with E-state index in [1.165, 1.54) is 13.0 Å². The summed E-state index contributed by atoms with van der Waals surface area (Å²) in [5, 5.41) is 28.2. The third kappa shape index (κ3) is 3.44. The third-order valence-electron chi connectivity index (χ3n) is 3.13. The van der Waals surface area contributed by atoms with E-state index in [9.17, 15) is 15.3 Å². The summed E-state index contributed by atoms with van der Waals surface area (Å²) in [6.07, 6.45) is 5.35. The van der Waals surface area contributed by atoms with Crippen LogP contribution in [0.4, 0.5) is 0 Å². The van der Waals surface area contributed by atoms with Gasteiger partial charge in [-0.2, -0.15) is 0 Å². The number of aliphatic hydroxyl groups excluding tert-OH is 1. The van der Waals surface area contributed by atoms with Crippen LogP contribution in [0, 0.1) is 11.3 Å². The van der Waals surface area contributed by atoms with Crippen LogP contribution in [0.2, 0.25) is 0 Å². The molecule has 0 aromatic heterocycles. The fourth-order valence-corrected chi connectivity index (χ4v) is 2.44. The topological polar surface area (TPSA) is 60.7 Å². The van der Waals surface area contributed by atoms with E-state index in [2.05, 4.69) is 13.8 Å². The molecule has 92 valence electrons. The highest BCUT2D eigenvalue weighted by atomic mass is 16.5. The Morgan fingerprint density at radius 1 is 1.44 bits per heavy atom. The normalized spacial score (nSPS) is 30.6. The van der Waals surface area contributed by atoms with E-state index in [-0.39, 0.29) is 11.3 Å². The Morgan fingerprint density at radius 3 is 2.44 bits per heavy atom. The van der Waals surface area contributed by atoms with Crippen molar-refractivity contribution in [1.82, 2.24) is 0 Å². The van der Waals surface area contributed by atoms with Crippen molar-refractivity contribution in [3.8, 4) is 0 Å². The van der Waals surface area contributed by atoms with Gasteiger partial charge in [0.05, 0.1) is 6.10 Å². The van der Waals surface area contributed by atoms with E-state index in [0.717, 1.165) is 5.57 Å². The minimum absolute atomic E-state index is 0.0694. The summed E-state index contributed by atoms with van der Waals surface area (Å²) in [6, 6.07) is 0. The summed E-state index contributed by atoms with van der Waals surface area (Å²) < 4.78 is 0. The molecule has 1 rings (SSSR count). The molecule has 0 saturated heterocycles. The maximum absolute atomic E-state index is 9.66. The molecule has 0 aliphatic heterocycles. The van der Waals surface area contributed by atoms with Crippen molar-refractivity contribution >= 4 is 0 Å². The average Bonchev–Trinajstić information content (AvgIpc) is 1.96. The zero-order valence-electron chi connectivity index (χ0n) is 10.4. The van der Waals surface area contributed by atoms with Crippen LogP contribution in [0.15, 0.2) is 23.8 Å². The highest BCUT2D eigenvalue weighted by molar-refractivity contribution is 5.21. The van der Waals surface area contributed by atoms with Crippen molar-refractivity contribution in [1.29, 1.82) is 0 Å². The number of rotatable bonds is 2. The molecule has 0 amide bonds. The smallest absolute Gasteiger partial charge is 0.179 e. The van der Waals surface area contributed by atoms with Crippen molar-refractivity contribution in [3.05, 3.63) is 23.8 Å². The average molecular weight is 226 g/mol. The lowest BCUT2D eigenvalue weighted by Crippen LogP contribution is -2.33. The molecule has 0 heterocycles. The molecule has 2 atom stereocenters. The van der Waals surface area contributed by atoms with Gasteiger partial charge >= 0.3 is 0 Å². The lowest BCUT2D eigenvalue weighted by Gasteiger charge is -2.39. The fraction of sp³-hybridized carbons (Fsp3) is 0.692. The van der Waals surface area contributed by atoms with Gasteiger partial charge in [0.1, 0.15) is 0 Å². The number of hydrogen-bond donors (Lipinski definition) is 3. The summed E-state index contributed by atoms with van der Waals surface area (Å²) in [5.41, 5.74) is 1.00. The lowest BCUT2D eigenvalue weighted by atomic mass is 9.67. The maximum Gasteiger partial charge on any atom is 0.179 e. The van der Waals surface area contributed by atoms with Crippen LogP contribution in [0.5, 0.6) is 0 Å². The van der Waals surface area contributed by atoms with Gasteiger partial charge in [0, 0.05) is 5.92 Å². The van der Waals surface area contributed by atoms with Crippen molar-refractivity contribution in [2.24, 2.45) is 11.3 Å². The van der Waals surface area contributed by atoms with Crippen LogP contribution < -0.4 is 0 Å². The largest absolute Gasteiger partial charge is 0.389 e. The molecular formula is C13H22O3. The Kier molecular flexibility index (Phi) is 3.62. The fourth-order valence-electron chi connectivity index (χ4n) is 2.44. The van der Waals surface area contributed by atoms with Crippen LogP contribution in [-0.2, 0) is 0 Å². The summed E-state index contributed by atoms with van der Waals surface area (Å²) in [6.45, 7) is 7.44. The van der Waals surface area contributed by atoms with Crippen LogP contribution in [0.3, 0.4) is 0 Å². The summed E-state index contributed by atoms with van der Waals surface area (Å²) in [7, 11) is 0. The minimum Gasteiger partial charge on any atom is -0.389 e. The first-order chi connectivity index (χ1) is 7.12. The molecule has 0 aromatic rings. The van der Waals surface area contributed by atoms with Gasteiger partial charge < -0.3 is 15.3 Å². The van der Waals surface area contributed by atoms with Crippen LogP contribution in [-0.4, -0.2) is 27.2 Å². The van der Waals surface area contributed by atoms with E-state index in [4.69, 9.17) is 0 Å². The Morgan fingerprint density at radius 2 is 2.00 bits per heavy atom. The Bertz CT molecular complexity index is 308. The molecule has 2 unspecified atom stereocenters. The molecule has 16 heavy (non-hydrogen) atoms. The van der Waals surface area contributed by atoms with Crippen molar-refractivity contribution in [3.63, 3.8) is 0 Å². The van der Waals surface area contributed by atoms with Gasteiger partial charge in [-0.25, -0.2) is 0 Å². The maximum atomic E-state index is 9.66. The van der Waals surface area contributed by atoms with Gasteiger partial charge in [-0.1, -0.05) is 31.6 Å². The van der Waals surface area contributed by atoms with Gasteiger partial charge in [0.25, 0.3) is 0 Å². The molecule has 0 fully saturated rings. The second kappa shape index (κ2) is 4.32. The van der Waals surface area contributed by atoms with E-state index in [0.29, 0.717) is 6.42 Å². The Balaban J connectivity index is 2.93. The molecule has 0 saturated carbocycles. The predicted molar refractivity (Wildman–Crippen MR) is 63.6 cm³/mol. The van der Waals surface area contributed by atoms with E-state index < -0.39 is 11.9 Å². The highest BCUT2D eigenvalue weighted by Crippen LogP contribution is 2.41. The SMILES string of the molecule is CC1=CC(O)CC(C)(C)C1C=CC(C)(O)O. The second-order valence-corrected chi connectivity index (χ2v) is 5.60. The van der Waals surface area contributed by atoms with Gasteiger partial charge in [-0.15, -0.1) is 0 Å². The quantitative estimate of drug-likeness (QED) is 0.495. The first-order valence-electron chi connectivity index (χ1n) is 5.62. The molecule has 0 bridgehead atoms. The lowest BCUT2D eigenvalue weighted by molar-refractivity contribution is -0.101. The molecule has 3 nitrogen and oxygen atoms in total. The van der Waals surface area contributed by atoms with Gasteiger partial charge in [-0.05, 0) is 31.8 Å². The molecular weight excluding hydrogens is 204 g/mol. The zero-order chi connectivity index (χ0) is 12.6. The van der Waals surface area contributed by atoms with E-state index >= 15 is 0 Å². The monoisotopic (exact) mass is 226 g/mol. The Hall–Kier alpha value is -0.640. The number of aliphatic hydroxyl groups is 3. The molecule has 0 aromatic carbocycles. The Labute approximate surface area is 97.1 Å². The van der Waals surface area contributed by atoms with Crippen molar-refractivity contribution in [2.45, 2.75) is 46.0 Å². The highest BCUT2D eigenvalue weighted by Gasteiger charge is 2.34. The number of hydrogen-bond acceptors (Lipinski definition) is 3.